The van der Waals surface area contributed by atoms with Crippen molar-refractivity contribution in [1.29, 1.82) is 0 Å². The lowest BCUT2D eigenvalue weighted by atomic mass is 9.95. The molecule has 0 amide bonds. The molecule has 0 N–H and O–H groups in total. The number of ether oxygens (including phenoxy) is 4. The highest BCUT2D eigenvalue weighted by molar-refractivity contribution is 9.10. The largest absolute Gasteiger partial charge is 0.493 e. The van der Waals surface area contributed by atoms with E-state index in [0.29, 0.717) is 43.2 Å². The van der Waals surface area contributed by atoms with Gasteiger partial charge in [0.25, 0.3) is 5.56 Å². The quantitative estimate of drug-likeness (QED) is 0.233. The monoisotopic (exact) mass is 648 g/mol. The summed E-state index contributed by atoms with van der Waals surface area (Å²) in [6.07, 6.45) is 1.81. The van der Waals surface area contributed by atoms with Gasteiger partial charge in [-0.25, -0.2) is 9.79 Å². The summed E-state index contributed by atoms with van der Waals surface area (Å²) in [5.74, 6) is 1.16. The lowest BCUT2D eigenvalue weighted by Crippen LogP contribution is -2.40. The maximum Gasteiger partial charge on any atom is 0.338 e. The summed E-state index contributed by atoms with van der Waals surface area (Å²) in [4.78, 5) is 32.3. The predicted octanol–water partition coefficient (Wildman–Crippen LogP) is 5.16. The van der Waals surface area contributed by atoms with E-state index in [2.05, 4.69) is 20.9 Å². The second kappa shape index (κ2) is 12.8. The number of aromatic nitrogens is 1. The summed E-state index contributed by atoms with van der Waals surface area (Å²) in [5, 5.41) is 0. The normalized spacial score (nSPS) is 14.7. The fourth-order valence-electron chi connectivity index (χ4n) is 4.72. The molecule has 3 aromatic carbocycles. The fraction of sp³-hybridized carbons (Fsp3) is 0.219. The lowest BCUT2D eigenvalue weighted by molar-refractivity contribution is -0.139. The number of nitrogens with zero attached hydrogens (tertiary/aromatic N) is 2. The molecular formula is C32H29BrN2O6S. The minimum absolute atomic E-state index is 0.185. The molecule has 0 saturated carbocycles. The average Bonchev–Trinajstić information content (AvgIpc) is 3.30. The van der Waals surface area contributed by atoms with Crippen LogP contribution < -0.4 is 29.1 Å². The highest BCUT2D eigenvalue weighted by atomic mass is 79.9. The second-order valence-electron chi connectivity index (χ2n) is 9.37. The van der Waals surface area contributed by atoms with Crippen LogP contribution in [-0.4, -0.2) is 31.4 Å². The molecule has 0 aliphatic carbocycles. The molecule has 0 saturated heterocycles. The van der Waals surface area contributed by atoms with Gasteiger partial charge in [-0.3, -0.25) is 9.36 Å². The zero-order valence-corrected chi connectivity index (χ0v) is 26.0. The first-order valence-corrected chi connectivity index (χ1v) is 14.8. The van der Waals surface area contributed by atoms with Gasteiger partial charge in [0.2, 0.25) is 0 Å². The summed E-state index contributed by atoms with van der Waals surface area (Å²) >= 11 is 4.88. The van der Waals surface area contributed by atoms with E-state index in [0.717, 1.165) is 16.9 Å². The Hall–Kier alpha value is -4.15. The molecule has 4 aromatic rings. The molecule has 1 aromatic heterocycles. The third kappa shape index (κ3) is 5.91. The van der Waals surface area contributed by atoms with Crippen molar-refractivity contribution < 1.29 is 23.7 Å². The molecule has 0 unspecified atom stereocenters. The van der Waals surface area contributed by atoms with Gasteiger partial charge in [0.05, 0.1) is 42.7 Å². The molecule has 42 heavy (non-hydrogen) atoms. The van der Waals surface area contributed by atoms with Crippen LogP contribution in [0.1, 0.15) is 36.6 Å². The Morgan fingerprint density at radius 3 is 2.40 bits per heavy atom. The molecular weight excluding hydrogens is 620 g/mol. The Labute approximate surface area is 255 Å². The minimum atomic E-state index is -0.801. The number of benzene rings is 3. The molecule has 10 heteroatoms. The van der Waals surface area contributed by atoms with Gasteiger partial charge in [0.1, 0.15) is 12.4 Å². The van der Waals surface area contributed by atoms with E-state index in [4.69, 9.17) is 18.9 Å². The Balaban J connectivity index is 1.57. The van der Waals surface area contributed by atoms with Crippen molar-refractivity contribution in [2.24, 2.45) is 4.99 Å². The van der Waals surface area contributed by atoms with Crippen molar-refractivity contribution in [2.75, 3.05) is 20.8 Å². The van der Waals surface area contributed by atoms with E-state index in [9.17, 15) is 9.59 Å². The number of esters is 1. The zero-order valence-electron chi connectivity index (χ0n) is 23.5. The summed E-state index contributed by atoms with van der Waals surface area (Å²) < 4.78 is 24.9. The van der Waals surface area contributed by atoms with Crippen LogP contribution in [0, 0.1) is 0 Å². The maximum absolute atomic E-state index is 14.0. The number of rotatable bonds is 9. The van der Waals surface area contributed by atoms with Crippen molar-refractivity contribution in [3.8, 4) is 17.2 Å². The van der Waals surface area contributed by atoms with Crippen molar-refractivity contribution >= 4 is 39.3 Å². The molecule has 216 valence electrons. The minimum Gasteiger partial charge on any atom is -0.493 e. The van der Waals surface area contributed by atoms with Gasteiger partial charge in [-0.1, -0.05) is 69.7 Å². The highest BCUT2D eigenvalue weighted by Gasteiger charge is 2.35. The number of carbonyl (C=O) groups excluding carboxylic acids is 1. The SMILES string of the molecule is CCOC(=O)C1=C(C)N=c2s/c(=C\c3ccc(OCc4ccccc4)cc3)c(=O)n2[C@@H]1c1cc(OC)c(OC)cc1Br. The van der Waals surface area contributed by atoms with Crippen molar-refractivity contribution in [1.82, 2.24) is 4.57 Å². The van der Waals surface area contributed by atoms with Gasteiger partial charge in [0, 0.05) is 4.47 Å². The van der Waals surface area contributed by atoms with Gasteiger partial charge in [0.15, 0.2) is 16.3 Å². The van der Waals surface area contributed by atoms with E-state index in [1.807, 2.05) is 60.7 Å². The Morgan fingerprint density at radius 2 is 1.74 bits per heavy atom. The zero-order chi connectivity index (χ0) is 29.8. The van der Waals surface area contributed by atoms with Crippen molar-refractivity contribution in [2.45, 2.75) is 26.5 Å². The van der Waals surface area contributed by atoms with E-state index >= 15 is 0 Å². The number of halogens is 1. The average molecular weight is 650 g/mol. The van der Waals surface area contributed by atoms with Crippen molar-refractivity contribution in [3.05, 3.63) is 119 Å². The van der Waals surface area contributed by atoms with Crippen LogP contribution in [0.2, 0.25) is 0 Å². The number of thiazole rings is 1. The molecule has 0 spiro atoms. The topological polar surface area (TPSA) is 88.4 Å². The first kappa shape index (κ1) is 29.3. The fourth-order valence-corrected chi connectivity index (χ4v) is 6.30. The first-order valence-electron chi connectivity index (χ1n) is 13.2. The molecule has 1 aliphatic heterocycles. The predicted molar refractivity (Wildman–Crippen MR) is 165 cm³/mol. The molecule has 5 rings (SSSR count). The van der Waals surface area contributed by atoms with Crippen LogP contribution in [0.4, 0.5) is 0 Å². The Kier molecular flexibility index (Phi) is 8.94. The van der Waals surface area contributed by atoms with E-state index < -0.39 is 12.0 Å². The standard InChI is InChI=1S/C32H29BrN2O6S/c1-5-40-31(37)28-19(2)34-32-35(29(28)23-16-25(38-3)26(39-4)17-24(23)33)30(36)27(42-32)15-20-11-13-22(14-12-20)41-18-21-9-7-6-8-10-21/h6-17,29H,5,18H2,1-4H3/b27-15-/t29-/m1/s1. The number of hydrogen-bond donors (Lipinski definition) is 0. The summed E-state index contributed by atoms with van der Waals surface area (Å²) in [6, 6.07) is 20.2. The van der Waals surface area contributed by atoms with Crippen LogP contribution in [0.3, 0.4) is 0 Å². The summed E-state index contributed by atoms with van der Waals surface area (Å²) in [6.45, 7) is 4.14. The Bertz CT molecular complexity index is 1830. The molecule has 0 fully saturated rings. The van der Waals surface area contributed by atoms with Crippen molar-refractivity contribution in [3.63, 3.8) is 0 Å². The van der Waals surface area contributed by atoms with Gasteiger partial charge in [-0.05, 0) is 60.9 Å². The summed E-state index contributed by atoms with van der Waals surface area (Å²) in [5.41, 5.74) is 3.03. The van der Waals surface area contributed by atoms with Gasteiger partial charge in [-0.15, -0.1) is 0 Å². The van der Waals surface area contributed by atoms with Gasteiger partial charge >= 0.3 is 5.97 Å². The van der Waals surface area contributed by atoms with Crippen LogP contribution >= 0.6 is 27.3 Å². The molecule has 1 atom stereocenters. The number of allylic oxidation sites excluding steroid dienone is 1. The van der Waals surface area contributed by atoms with Crippen LogP contribution in [0.15, 0.2) is 92.3 Å². The van der Waals surface area contributed by atoms with Gasteiger partial charge < -0.3 is 18.9 Å². The Morgan fingerprint density at radius 1 is 1.05 bits per heavy atom. The first-order chi connectivity index (χ1) is 20.3. The lowest BCUT2D eigenvalue weighted by Gasteiger charge is -2.26. The number of fused-ring (bicyclic) bond motifs is 1. The van der Waals surface area contributed by atoms with E-state index in [1.54, 1.807) is 37.7 Å². The smallest absolute Gasteiger partial charge is 0.338 e. The van der Waals surface area contributed by atoms with Crippen LogP contribution in [0.25, 0.3) is 6.08 Å². The molecule has 1 aliphatic rings. The highest BCUT2D eigenvalue weighted by Crippen LogP contribution is 2.40. The number of hydrogen-bond acceptors (Lipinski definition) is 8. The van der Waals surface area contributed by atoms with Crippen LogP contribution in [0.5, 0.6) is 17.2 Å². The molecule has 2 heterocycles. The number of carbonyl (C=O) groups is 1. The van der Waals surface area contributed by atoms with Crippen LogP contribution in [-0.2, 0) is 16.1 Å². The number of methoxy groups -OCH3 is 2. The third-order valence-corrected chi connectivity index (χ3v) is 8.41. The maximum atomic E-state index is 14.0. The molecule has 0 radical (unpaired) electrons. The molecule has 8 nitrogen and oxygen atoms in total. The van der Waals surface area contributed by atoms with E-state index in [-0.39, 0.29) is 17.7 Å². The summed E-state index contributed by atoms with van der Waals surface area (Å²) in [7, 11) is 3.08. The second-order valence-corrected chi connectivity index (χ2v) is 11.2. The van der Waals surface area contributed by atoms with Gasteiger partial charge in [-0.2, -0.15) is 0 Å². The third-order valence-electron chi connectivity index (χ3n) is 6.74. The van der Waals surface area contributed by atoms with E-state index in [1.165, 1.54) is 18.4 Å². The molecule has 0 bridgehead atoms.